The summed E-state index contributed by atoms with van der Waals surface area (Å²) in [5.74, 6) is 6.72. The number of hydrazine groups is 1. The van der Waals surface area contributed by atoms with E-state index in [0.29, 0.717) is 32.4 Å². The van der Waals surface area contributed by atoms with Gasteiger partial charge in [0.25, 0.3) is 0 Å². The first-order valence-corrected chi connectivity index (χ1v) is 12.8. The minimum Gasteiger partial charge on any atom is -0.465 e. The first-order valence-electron chi connectivity index (χ1n) is 12.8. The normalized spacial score (nSPS) is 12.1. The van der Waals surface area contributed by atoms with Crippen molar-refractivity contribution in [2.75, 3.05) is 32.9 Å². The number of hydrogen-bond donors (Lipinski definition) is 6. The van der Waals surface area contributed by atoms with Crippen molar-refractivity contribution in [3.8, 4) is 0 Å². The second-order valence-corrected chi connectivity index (χ2v) is 9.53. The molecule has 0 saturated carbocycles. The molecule has 0 aromatic rings. The minimum absolute atomic E-state index is 0.0188. The molecular weight excluding hydrogens is 498 g/mol. The van der Waals surface area contributed by atoms with Crippen LogP contribution in [0.2, 0.25) is 0 Å². The number of unbranched alkanes of at least 4 members (excludes halogenated alkanes) is 4. The SMILES string of the molecule is C[C@@H](NC(=O)O)C(=C=O)CN(CCCCOC(=O)NCNC(=O)CCCCCCN=CNN)OC(C)(C)C. The Morgan fingerprint density at radius 2 is 1.82 bits per heavy atom. The lowest BCUT2D eigenvalue weighted by molar-refractivity contribution is -0.224. The highest BCUT2D eigenvalue weighted by Gasteiger charge is 2.21. The lowest BCUT2D eigenvalue weighted by Crippen LogP contribution is -2.41. The summed E-state index contributed by atoms with van der Waals surface area (Å²) in [6.07, 6.45) is 4.62. The van der Waals surface area contributed by atoms with Gasteiger partial charge in [-0.3, -0.25) is 14.6 Å². The number of hydroxylamine groups is 2. The Morgan fingerprint density at radius 3 is 2.45 bits per heavy atom. The number of nitrogens with two attached hydrogens (primary N) is 1. The van der Waals surface area contributed by atoms with Crippen LogP contribution in [0.3, 0.4) is 0 Å². The molecule has 0 heterocycles. The van der Waals surface area contributed by atoms with Crippen LogP contribution < -0.4 is 27.2 Å². The van der Waals surface area contributed by atoms with Crippen molar-refractivity contribution in [1.82, 2.24) is 26.4 Å². The first-order chi connectivity index (χ1) is 18.0. The van der Waals surface area contributed by atoms with Gasteiger partial charge < -0.3 is 31.2 Å². The molecule has 0 fully saturated rings. The molecule has 0 unspecified atom stereocenters. The van der Waals surface area contributed by atoms with E-state index in [-0.39, 0.29) is 31.3 Å². The van der Waals surface area contributed by atoms with Gasteiger partial charge in [-0.1, -0.05) is 12.8 Å². The van der Waals surface area contributed by atoms with Gasteiger partial charge in [0.2, 0.25) is 5.91 Å². The molecular formula is C24H45N7O7. The van der Waals surface area contributed by atoms with Crippen molar-refractivity contribution in [3.05, 3.63) is 5.57 Å². The van der Waals surface area contributed by atoms with E-state index < -0.39 is 23.8 Å². The van der Waals surface area contributed by atoms with E-state index in [1.165, 1.54) is 6.34 Å². The molecule has 0 radical (unpaired) electrons. The number of nitrogens with one attached hydrogen (secondary N) is 4. The van der Waals surface area contributed by atoms with Gasteiger partial charge in [-0.2, -0.15) is 5.06 Å². The molecule has 0 saturated heterocycles. The van der Waals surface area contributed by atoms with Crippen LogP contribution in [-0.2, 0) is 19.2 Å². The Morgan fingerprint density at radius 1 is 1.11 bits per heavy atom. The van der Waals surface area contributed by atoms with Crippen LogP contribution in [0.25, 0.3) is 0 Å². The zero-order valence-corrected chi connectivity index (χ0v) is 23.0. The van der Waals surface area contributed by atoms with Gasteiger partial charge >= 0.3 is 12.2 Å². The summed E-state index contributed by atoms with van der Waals surface area (Å²) >= 11 is 0. The van der Waals surface area contributed by atoms with E-state index in [0.717, 1.165) is 25.7 Å². The number of alkyl carbamates (subject to hydrolysis) is 1. The van der Waals surface area contributed by atoms with E-state index >= 15 is 0 Å². The monoisotopic (exact) mass is 543 g/mol. The largest absolute Gasteiger partial charge is 0.465 e. The van der Waals surface area contributed by atoms with Crippen molar-refractivity contribution in [1.29, 1.82) is 0 Å². The average Bonchev–Trinajstić information content (AvgIpc) is 2.82. The Hall–Kier alpha value is -3.19. The number of aliphatic imine (C=N–C) groups is 1. The third-order valence-electron chi connectivity index (χ3n) is 4.90. The molecule has 38 heavy (non-hydrogen) atoms. The Kier molecular flexibility index (Phi) is 19.1. The van der Waals surface area contributed by atoms with E-state index in [9.17, 15) is 19.2 Å². The quantitative estimate of drug-likeness (QED) is 0.0249. The Bertz CT molecular complexity index is 781. The average molecular weight is 544 g/mol. The van der Waals surface area contributed by atoms with Crippen molar-refractivity contribution in [2.24, 2.45) is 10.8 Å². The molecule has 0 bridgehead atoms. The number of ether oxygens (including phenoxy) is 1. The smallest absolute Gasteiger partial charge is 0.408 e. The van der Waals surface area contributed by atoms with Gasteiger partial charge in [0.15, 0.2) is 0 Å². The minimum atomic E-state index is -1.24. The Labute approximate surface area is 224 Å². The van der Waals surface area contributed by atoms with Gasteiger partial charge in [-0.05, 0) is 53.4 Å². The number of nitrogens with zero attached hydrogens (tertiary/aromatic N) is 2. The lowest BCUT2D eigenvalue weighted by atomic mass is 10.1. The highest BCUT2D eigenvalue weighted by molar-refractivity contribution is 5.76. The van der Waals surface area contributed by atoms with Crippen molar-refractivity contribution in [3.63, 3.8) is 0 Å². The van der Waals surface area contributed by atoms with Crippen molar-refractivity contribution < 1.29 is 33.9 Å². The molecule has 14 nitrogen and oxygen atoms in total. The van der Waals surface area contributed by atoms with Crippen LogP contribution >= 0.6 is 0 Å². The number of carbonyl (C=O) groups is 3. The molecule has 0 aliphatic heterocycles. The second-order valence-electron chi connectivity index (χ2n) is 9.53. The molecule has 0 aliphatic rings. The number of rotatable bonds is 20. The third kappa shape index (κ3) is 20.9. The molecule has 0 rings (SSSR count). The van der Waals surface area contributed by atoms with Crippen molar-refractivity contribution >= 4 is 30.4 Å². The van der Waals surface area contributed by atoms with Crippen LogP contribution in [0.1, 0.15) is 72.6 Å². The van der Waals surface area contributed by atoms with Gasteiger partial charge in [0.05, 0.1) is 43.4 Å². The summed E-state index contributed by atoms with van der Waals surface area (Å²) in [4.78, 5) is 55.8. The summed E-state index contributed by atoms with van der Waals surface area (Å²) in [5, 5.41) is 17.8. The third-order valence-corrected chi connectivity index (χ3v) is 4.90. The fourth-order valence-corrected chi connectivity index (χ4v) is 3.13. The molecule has 0 aromatic heterocycles. The Balaban J connectivity index is 4.14. The lowest BCUT2D eigenvalue weighted by Gasteiger charge is -2.31. The maximum atomic E-state index is 11.8. The fourth-order valence-electron chi connectivity index (χ4n) is 3.13. The molecule has 0 aliphatic carbocycles. The van der Waals surface area contributed by atoms with Crippen molar-refractivity contribution in [2.45, 2.75) is 84.3 Å². The number of carboxylic acid groups (broad SMARTS) is 1. The number of carbonyl (C=O) groups excluding carboxylic acids is 3. The van der Waals surface area contributed by atoms with E-state index in [1.807, 2.05) is 20.8 Å². The first kappa shape index (κ1) is 34.8. The van der Waals surface area contributed by atoms with Crippen LogP contribution in [-0.4, -0.2) is 85.1 Å². The highest BCUT2D eigenvalue weighted by Crippen LogP contribution is 2.14. The molecule has 7 N–H and O–H groups in total. The van der Waals surface area contributed by atoms with E-state index in [2.05, 4.69) is 26.4 Å². The number of amides is 3. The molecule has 3 amide bonds. The maximum Gasteiger partial charge on any atom is 0.408 e. The second kappa shape index (κ2) is 20.8. The van der Waals surface area contributed by atoms with Gasteiger partial charge in [-0.25, -0.2) is 20.2 Å². The zero-order chi connectivity index (χ0) is 28.8. The molecule has 0 spiro atoms. The van der Waals surface area contributed by atoms with E-state index in [1.54, 1.807) is 17.9 Å². The van der Waals surface area contributed by atoms with Crippen LogP contribution in [0, 0.1) is 0 Å². The summed E-state index contributed by atoms with van der Waals surface area (Å²) in [5.41, 5.74) is 2.01. The summed E-state index contributed by atoms with van der Waals surface area (Å²) < 4.78 is 5.12. The maximum absolute atomic E-state index is 11.8. The molecule has 0 aromatic carbocycles. The van der Waals surface area contributed by atoms with Gasteiger partial charge in [0.1, 0.15) is 5.94 Å². The summed E-state index contributed by atoms with van der Waals surface area (Å²) in [7, 11) is 0. The highest BCUT2D eigenvalue weighted by atomic mass is 16.7. The topological polar surface area (TPSA) is 197 Å². The molecule has 1 atom stereocenters. The van der Waals surface area contributed by atoms with Gasteiger partial charge in [-0.15, -0.1) is 0 Å². The standard InChI is InChI=1S/C24H45N7O7/c1-19(30-22(34)35)20(16-32)15-31(38-24(2,3)4)13-9-10-14-37-23(36)28-18-27-21(33)11-7-5-6-8-12-26-17-29-25/h17,19,30H,5-15,18,25H2,1-4H3,(H,26,29)(H,27,33)(H,28,36)(H,34,35)/t19-/m1/s1. The van der Waals surface area contributed by atoms with E-state index in [4.69, 9.17) is 20.5 Å². The summed E-state index contributed by atoms with van der Waals surface area (Å²) in [6.45, 7) is 8.44. The predicted octanol–water partition coefficient (Wildman–Crippen LogP) is 1.45. The molecule has 218 valence electrons. The van der Waals surface area contributed by atoms with Gasteiger partial charge in [0, 0.05) is 19.5 Å². The van der Waals surface area contributed by atoms with Crippen LogP contribution in [0.15, 0.2) is 10.6 Å². The molecule has 14 heteroatoms. The fraction of sp³-hybridized carbons (Fsp3) is 0.750. The zero-order valence-electron chi connectivity index (χ0n) is 23.0. The van der Waals surface area contributed by atoms with Crippen LogP contribution in [0.4, 0.5) is 9.59 Å². The number of hydrogen-bond acceptors (Lipinski definition) is 9. The van der Waals surface area contributed by atoms with Crippen LogP contribution in [0.5, 0.6) is 0 Å². The summed E-state index contributed by atoms with van der Waals surface area (Å²) in [6, 6.07) is -0.715. The predicted molar refractivity (Wildman–Crippen MR) is 143 cm³/mol.